The SMILES string of the molecule is O=C1NCC2=C1[C@@H](c1cccc3cccnc13)N(C(=O)C(F)F)C1CCCC[C@H]1N2.O=C1NCC2=C1[C@@H](c1cccc3ccnn13)N(C(=O)CO)C1CCCC[C@H]1N2. The average Bonchev–Trinajstić information content (AvgIpc) is 3.92. The predicted octanol–water partition coefficient (Wildman–Crippen LogP) is 3.16. The van der Waals surface area contributed by atoms with Crippen molar-refractivity contribution in [2.45, 2.75) is 94.0 Å². The molecule has 6 atom stereocenters. The van der Waals surface area contributed by atoms with E-state index < -0.39 is 37.1 Å². The van der Waals surface area contributed by atoms with Crippen molar-refractivity contribution in [3.63, 3.8) is 0 Å². The van der Waals surface area contributed by atoms with E-state index >= 15 is 0 Å². The van der Waals surface area contributed by atoms with Gasteiger partial charge in [0.2, 0.25) is 5.91 Å². The Morgan fingerprint density at radius 1 is 0.759 bits per heavy atom. The highest BCUT2D eigenvalue weighted by molar-refractivity contribution is 6.01. The van der Waals surface area contributed by atoms with Gasteiger partial charge in [-0.25, -0.2) is 4.52 Å². The largest absolute Gasteiger partial charge is 0.387 e. The summed E-state index contributed by atoms with van der Waals surface area (Å²) in [5, 5.41) is 27.7. The van der Waals surface area contributed by atoms with Crippen LogP contribution in [0.2, 0.25) is 0 Å². The number of fused-ring (bicyclic) bond motifs is 4. The second-order valence-corrected chi connectivity index (χ2v) is 15.7. The Hall–Kier alpha value is -5.90. The van der Waals surface area contributed by atoms with Crippen LogP contribution < -0.4 is 21.3 Å². The Morgan fingerprint density at radius 3 is 2.05 bits per heavy atom. The van der Waals surface area contributed by atoms with Gasteiger partial charge in [-0.2, -0.15) is 13.9 Å². The minimum absolute atomic E-state index is 0.0729. The zero-order chi connectivity index (χ0) is 40.1. The molecule has 58 heavy (non-hydrogen) atoms. The maximum atomic E-state index is 13.8. The number of halogens is 2. The molecule has 302 valence electrons. The zero-order valence-electron chi connectivity index (χ0n) is 31.7. The summed E-state index contributed by atoms with van der Waals surface area (Å²) in [6.45, 7) is 0.159. The Labute approximate surface area is 332 Å². The first kappa shape index (κ1) is 37.7. The number of para-hydroxylation sites is 1. The monoisotopic (exact) mass is 793 g/mol. The molecule has 4 aliphatic heterocycles. The highest BCUT2D eigenvalue weighted by Crippen LogP contribution is 2.43. The van der Waals surface area contributed by atoms with Crippen LogP contribution in [0.1, 0.15) is 74.7 Å². The molecule has 2 unspecified atom stereocenters. The maximum absolute atomic E-state index is 13.8. The van der Waals surface area contributed by atoms with Crippen LogP contribution in [0.3, 0.4) is 0 Å². The molecule has 6 aliphatic rings. The summed E-state index contributed by atoms with van der Waals surface area (Å²) in [7, 11) is 0. The van der Waals surface area contributed by atoms with E-state index in [1.165, 1.54) is 4.90 Å². The van der Waals surface area contributed by atoms with Crippen molar-refractivity contribution in [2.75, 3.05) is 19.7 Å². The number of rotatable bonds is 4. The number of pyridine rings is 2. The van der Waals surface area contributed by atoms with Gasteiger partial charge in [-0.15, -0.1) is 0 Å². The molecule has 4 aromatic rings. The quantitative estimate of drug-likeness (QED) is 0.208. The van der Waals surface area contributed by atoms with Crippen LogP contribution >= 0.6 is 0 Å². The molecule has 10 rings (SSSR count). The van der Waals surface area contributed by atoms with Crippen LogP contribution in [-0.4, -0.2) is 103 Å². The number of amides is 4. The lowest BCUT2D eigenvalue weighted by atomic mass is 9.87. The molecular weight excluding hydrogens is 749 g/mol. The van der Waals surface area contributed by atoms with Crippen LogP contribution in [0.5, 0.6) is 0 Å². The van der Waals surface area contributed by atoms with Gasteiger partial charge in [0.1, 0.15) is 12.6 Å². The van der Waals surface area contributed by atoms with E-state index in [0.717, 1.165) is 67.2 Å². The van der Waals surface area contributed by atoms with E-state index in [9.17, 15) is 33.1 Å². The van der Waals surface area contributed by atoms with Gasteiger partial charge in [0, 0.05) is 46.8 Å². The van der Waals surface area contributed by atoms with Crippen molar-refractivity contribution >= 4 is 40.0 Å². The zero-order valence-corrected chi connectivity index (χ0v) is 31.7. The predicted molar refractivity (Wildman–Crippen MR) is 208 cm³/mol. The first-order valence-electron chi connectivity index (χ1n) is 20.1. The molecule has 16 heteroatoms. The van der Waals surface area contributed by atoms with Gasteiger partial charge in [0.15, 0.2) is 0 Å². The molecular formula is C42H45F2N9O5. The topological polar surface area (TPSA) is 173 Å². The molecule has 0 spiro atoms. The number of aliphatic hydroxyl groups is 1. The molecule has 3 aromatic heterocycles. The number of aliphatic hydroxyl groups excluding tert-OH is 1. The Balaban J connectivity index is 0.000000151. The number of aromatic nitrogens is 3. The minimum atomic E-state index is -3.15. The highest BCUT2D eigenvalue weighted by atomic mass is 19.3. The van der Waals surface area contributed by atoms with Crippen molar-refractivity contribution in [3.8, 4) is 0 Å². The van der Waals surface area contributed by atoms with Crippen molar-refractivity contribution in [3.05, 3.63) is 101 Å². The first-order valence-corrected chi connectivity index (χ1v) is 20.1. The molecule has 2 fully saturated rings. The first-order chi connectivity index (χ1) is 28.2. The van der Waals surface area contributed by atoms with E-state index in [4.69, 9.17) is 0 Å². The van der Waals surface area contributed by atoms with E-state index in [-0.39, 0.29) is 35.8 Å². The molecule has 0 saturated heterocycles. The number of alkyl halides is 2. The lowest BCUT2D eigenvalue weighted by Crippen LogP contribution is -2.55. The number of nitrogens with one attached hydrogen (secondary N) is 4. The van der Waals surface area contributed by atoms with Gasteiger partial charge in [0.25, 0.3) is 17.7 Å². The summed E-state index contributed by atoms with van der Waals surface area (Å²) in [6, 6.07) is 14.7. The Bertz CT molecular complexity index is 2360. The number of carbonyl (C=O) groups is 4. The van der Waals surface area contributed by atoms with Crippen molar-refractivity contribution in [1.29, 1.82) is 0 Å². The van der Waals surface area contributed by atoms with E-state index in [2.05, 4.69) is 31.3 Å². The molecule has 7 heterocycles. The van der Waals surface area contributed by atoms with Crippen LogP contribution in [0.4, 0.5) is 8.78 Å². The molecule has 1 aromatic carbocycles. The molecule has 5 N–H and O–H groups in total. The summed E-state index contributed by atoms with van der Waals surface area (Å²) in [6.07, 6.45) is 7.27. The summed E-state index contributed by atoms with van der Waals surface area (Å²) < 4.78 is 29.4. The van der Waals surface area contributed by atoms with Crippen molar-refractivity contribution < 1.29 is 33.1 Å². The van der Waals surface area contributed by atoms with Gasteiger partial charge >= 0.3 is 6.43 Å². The maximum Gasteiger partial charge on any atom is 0.315 e. The second kappa shape index (κ2) is 15.5. The van der Waals surface area contributed by atoms with E-state index in [1.807, 2.05) is 42.5 Å². The standard InChI is InChI=1S/C22H22F2N4O2.C20H23N5O3/c23-20(24)22(30)28-16-9-2-1-8-14(16)27-15-11-26-21(29)17(15)19(28)13-7-3-5-12-6-4-10-25-18(12)13;26-11-17(27)24-15-6-2-1-5-13(15)23-14-10-21-20(28)18(14)19(24)16-7-3-4-12-8-9-22-25(12)16/h3-7,10,14,16,19-20,27H,1-2,8-9,11H2,(H,26,29);3-4,7-9,13,15,19,23,26H,1-2,5-6,10-11H2,(H,21,28)/t14-,16?,19-;13-,15?,19-/m11/s1. The Kier molecular flexibility index (Phi) is 10.0. The third kappa shape index (κ3) is 6.43. The third-order valence-electron chi connectivity index (χ3n) is 12.5. The highest BCUT2D eigenvalue weighted by Gasteiger charge is 2.49. The van der Waals surface area contributed by atoms with Gasteiger partial charge in [0.05, 0.1) is 59.1 Å². The smallest absolute Gasteiger partial charge is 0.315 e. The lowest BCUT2D eigenvalue weighted by molar-refractivity contribution is -0.149. The summed E-state index contributed by atoms with van der Waals surface area (Å²) >= 11 is 0. The van der Waals surface area contributed by atoms with E-state index in [1.54, 1.807) is 33.9 Å². The van der Waals surface area contributed by atoms with Crippen LogP contribution in [0, 0.1) is 0 Å². The number of benzene rings is 1. The van der Waals surface area contributed by atoms with Crippen molar-refractivity contribution in [2.24, 2.45) is 0 Å². The van der Waals surface area contributed by atoms with Crippen LogP contribution in [-0.2, 0) is 19.2 Å². The molecule has 0 radical (unpaired) electrons. The van der Waals surface area contributed by atoms with Gasteiger partial charge in [-0.1, -0.05) is 56.0 Å². The average molecular weight is 794 g/mol. The fourth-order valence-corrected chi connectivity index (χ4v) is 10.1. The number of nitrogens with zero attached hydrogens (tertiary/aromatic N) is 5. The molecule has 4 amide bonds. The van der Waals surface area contributed by atoms with Crippen LogP contribution in [0.25, 0.3) is 16.4 Å². The third-order valence-corrected chi connectivity index (χ3v) is 12.5. The minimum Gasteiger partial charge on any atom is -0.387 e. The molecule has 2 aliphatic carbocycles. The normalized spacial score (nSPS) is 26.6. The summed E-state index contributed by atoms with van der Waals surface area (Å²) in [4.78, 5) is 59.1. The van der Waals surface area contributed by atoms with Crippen molar-refractivity contribution in [1.82, 2.24) is 45.7 Å². The molecule has 2 saturated carbocycles. The van der Waals surface area contributed by atoms with E-state index in [0.29, 0.717) is 47.4 Å². The number of carbonyl (C=O) groups excluding carboxylic acids is 4. The number of hydrogen-bond donors (Lipinski definition) is 5. The molecule has 14 nitrogen and oxygen atoms in total. The molecule has 0 bridgehead atoms. The summed E-state index contributed by atoms with van der Waals surface area (Å²) in [5.41, 5.74) is 5.30. The van der Waals surface area contributed by atoms with Gasteiger partial charge in [-0.05, 0) is 49.9 Å². The number of hydrogen-bond acceptors (Lipinski definition) is 9. The fourth-order valence-electron chi connectivity index (χ4n) is 10.1. The second-order valence-electron chi connectivity index (χ2n) is 15.7. The fraction of sp³-hybridized carbons (Fsp3) is 0.429. The Morgan fingerprint density at radius 2 is 1.38 bits per heavy atom. The van der Waals surface area contributed by atoms with Gasteiger partial charge < -0.3 is 36.2 Å². The van der Waals surface area contributed by atoms with Gasteiger partial charge in [-0.3, -0.25) is 24.2 Å². The lowest BCUT2D eigenvalue weighted by Gasteiger charge is -2.42. The summed E-state index contributed by atoms with van der Waals surface area (Å²) in [5.74, 6) is -2.10. The van der Waals surface area contributed by atoms with Crippen LogP contribution in [0.15, 0.2) is 89.5 Å².